The largest absolute Gasteiger partial charge is 0.256 e. The van der Waals surface area contributed by atoms with E-state index in [0.717, 1.165) is 60.4 Å². The van der Waals surface area contributed by atoms with Gasteiger partial charge in [0.05, 0.1) is 39.3 Å². The summed E-state index contributed by atoms with van der Waals surface area (Å²) >= 11 is 0. The van der Waals surface area contributed by atoms with Crippen LogP contribution < -0.4 is 0 Å². The van der Waals surface area contributed by atoms with Crippen LogP contribution in [0.2, 0.25) is 0 Å². The van der Waals surface area contributed by atoms with Gasteiger partial charge in [0, 0.05) is 34.3 Å². The van der Waals surface area contributed by atoms with E-state index in [1.54, 1.807) is 6.07 Å². The molecule has 4 heteroatoms. The van der Waals surface area contributed by atoms with Crippen LogP contribution in [0.1, 0.15) is 5.48 Å². The Morgan fingerprint density at radius 2 is 0.978 bits per heavy atom. The number of rotatable bonds is 4. The van der Waals surface area contributed by atoms with Crippen molar-refractivity contribution >= 4 is 43.4 Å². The van der Waals surface area contributed by atoms with Gasteiger partial charge in [0.1, 0.15) is 0 Å². The number of pyridine rings is 4. The molecule has 4 nitrogen and oxygen atoms in total. The van der Waals surface area contributed by atoms with Crippen LogP contribution in [0, 0.1) is 0 Å². The van der Waals surface area contributed by atoms with E-state index in [1.807, 2.05) is 48.7 Å². The molecule has 0 saturated carbocycles. The van der Waals surface area contributed by atoms with E-state index in [-0.39, 0.29) is 30.0 Å². The lowest BCUT2D eigenvalue weighted by Gasteiger charge is -2.17. The number of hydrogen-bond donors (Lipinski definition) is 0. The molecule has 0 bridgehead atoms. The van der Waals surface area contributed by atoms with Crippen molar-refractivity contribution in [3.8, 4) is 45.0 Å². The zero-order valence-corrected chi connectivity index (χ0v) is 24.5. The first kappa shape index (κ1) is 22.3. The Bertz CT molecular complexity index is 2750. The molecule has 0 N–H and O–H groups in total. The molecule has 0 radical (unpaired) electrons. The van der Waals surface area contributed by atoms with Crippen LogP contribution in [0.4, 0.5) is 0 Å². The molecular weight excluding hydrogens is 560 g/mol. The van der Waals surface area contributed by atoms with E-state index in [4.69, 9.17) is 20.4 Å². The summed E-state index contributed by atoms with van der Waals surface area (Å²) in [5, 5.41) is 6.41. The molecule has 0 aliphatic heterocycles. The molecule has 0 saturated heterocycles. The zero-order valence-electron chi connectivity index (χ0n) is 28.5. The molecule has 46 heavy (non-hydrogen) atoms. The molecule has 4 aromatic heterocycles. The lowest BCUT2D eigenvalue weighted by Crippen LogP contribution is -1.93. The second kappa shape index (κ2) is 10.7. The zero-order chi connectivity index (χ0) is 33.9. The highest BCUT2D eigenvalue weighted by Gasteiger charge is 2.17. The summed E-state index contributed by atoms with van der Waals surface area (Å²) in [7, 11) is 0. The van der Waals surface area contributed by atoms with Crippen LogP contribution in [-0.2, 0) is 0 Å². The summed E-state index contributed by atoms with van der Waals surface area (Å²) in [5.41, 5.74) is 7.91. The van der Waals surface area contributed by atoms with Gasteiger partial charge in [-0.3, -0.25) is 9.97 Å². The third-order valence-corrected chi connectivity index (χ3v) is 8.55. The van der Waals surface area contributed by atoms with E-state index in [2.05, 4.69) is 83.8 Å². The second-order valence-electron chi connectivity index (χ2n) is 11.2. The molecule has 214 valence electrons. The third kappa shape index (κ3) is 4.31. The molecule has 0 fully saturated rings. The van der Waals surface area contributed by atoms with Crippen molar-refractivity contribution in [2.75, 3.05) is 0 Å². The lowest BCUT2D eigenvalue weighted by atomic mass is 9.87. The standard InChI is InChI=1S/C42H26N4/c1-3-11-33-31(9-1)39(32-10-2-4-12-34(32)40(33)38-14-6-8-26-44-38)28-17-15-27(16-18-28)35-23-21-29-19-20-30-22-24-37(36-13-5-7-25-43-36)46-42(30)41(29)45-35/h1-26H/i5D,7D,13D,25D. The predicted molar refractivity (Wildman–Crippen MR) is 189 cm³/mol. The van der Waals surface area contributed by atoms with Crippen LogP contribution in [0.3, 0.4) is 0 Å². The Kier molecular flexibility index (Phi) is 5.19. The van der Waals surface area contributed by atoms with Crippen molar-refractivity contribution in [1.82, 2.24) is 19.9 Å². The topological polar surface area (TPSA) is 51.6 Å². The molecule has 0 amide bonds. The van der Waals surface area contributed by atoms with Crippen LogP contribution in [0.5, 0.6) is 0 Å². The van der Waals surface area contributed by atoms with Crippen molar-refractivity contribution in [2.45, 2.75) is 0 Å². The SMILES string of the molecule is [2H]c1nc(-c2ccc3ccc4ccc(-c5ccc(-c6c7ccccc7c(-c7ccccn7)c7ccccc67)cc5)nc4c3n2)c([2H])c([2H])c1[2H]. The van der Waals surface area contributed by atoms with Crippen molar-refractivity contribution in [2.24, 2.45) is 0 Å². The van der Waals surface area contributed by atoms with Crippen LogP contribution in [0.25, 0.3) is 88.4 Å². The van der Waals surface area contributed by atoms with E-state index < -0.39 is 0 Å². The Labute approximate surface area is 271 Å². The number of aromatic nitrogens is 4. The maximum Gasteiger partial charge on any atom is 0.0973 e. The normalized spacial score (nSPS) is 12.7. The number of benzene rings is 5. The first-order valence-electron chi connectivity index (χ1n) is 17.1. The molecule has 0 aliphatic carbocycles. The van der Waals surface area contributed by atoms with Crippen molar-refractivity contribution in [3.63, 3.8) is 0 Å². The molecule has 0 unspecified atom stereocenters. The van der Waals surface area contributed by atoms with Crippen LogP contribution in [0.15, 0.2) is 158 Å². The molecule has 9 rings (SSSR count). The summed E-state index contributed by atoms with van der Waals surface area (Å²) in [6.45, 7) is 0. The van der Waals surface area contributed by atoms with Crippen molar-refractivity contribution in [1.29, 1.82) is 0 Å². The quantitative estimate of drug-likeness (QED) is 0.151. The van der Waals surface area contributed by atoms with Crippen LogP contribution in [-0.4, -0.2) is 19.9 Å². The predicted octanol–water partition coefficient (Wildman–Crippen LogP) is 10.5. The highest BCUT2D eigenvalue weighted by molar-refractivity contribution is 6.21. The smallest absolute Gasteiger partial charge is 0.0973 e. The van der Waals surface area contributed by atoms with Gasteiger partial charge in [-0.15, -0.1) is 0 Å². The highest BCUT2D eigenvalue weighted by atomic mass is 14.8. The summed E-state index contributed by atoms with van der Waals surface area (Å²) in [6.07, 6.45) is 1.49. The van der Waals surface area contributed by atoms with Gasteiger partial charge in [0.25, 0.3) is 0 Å². The maximum absolute atomic E-state index is 8.39. The monoisotopic (exact) mass is 590 g/mol. The Morgan fingerprint density at radius 1 is 0.413 bits per heavy atom. The van der Waals surface area contributed by atoms with Gasteiger partial charge in [-0.25, -0.2) is 9.97 Å². The molecule has 9 aromatic rings. The fourth-order valence-corrected chi connectivity index (χ4v) is 6.45. The van der Waals surface area contributed by atoms with E-state index in [1.165, 1.54) is 5.56 Å². The van der Waals surface area contributed by atoms with Gasteiger partial charge in [0.2, 0.25) is 0 Å². The first-order chi connectivity index (χ1) is 24.5. The second-order valence-corrected chi connectivity index (χ2v) is 11.2. The Morgan fingerprint density at radius 3 is 1.63 bits per heavy atom. The van der Waals surface area contributed by atoms with E-state index >= 15 is 0 Å². The summed E-state index contributed by atoms with van der Waals surface area (Å²) in [5.74, 6) is 0. The number of fused-ring (bicyclic) bond motifs is 5. The minimum absolute atomic E-state index is 0.106. The summed E-state index contributed by atoms with van der Waals surface area (Å²) < 4.78 is 32.4. The summed E-state index contributed by atoms with van der Waals surface area (Å²) in [4.78, 5) is 18.8. The average Bonchev–Trinajstić information content (AvgIpc) is 3.17. The third-order valence-electron chi connectivity index (χ3n) is 8.55. The first-order valence-corrected chi connectivity index (χ1v) is 15.1. The van der Waals surface area contributed by atoms with Gasteiger partial charge >= 0.3 is 0 Å². The van der Waals surface area contributed by atoms with Gasteiger partial charge in [-0.05, 0) is 69.0 Å². The minimum atomic E-state index is -0.370. The van der Waals surface area contributed by atoms with Crippen molar-refractivity contribution in [3.05, 3.63) is 158 Å². The minimum Gasteiger partial charge on any atom is -0.256 e. The molecule has 5 aromatic carbocycles. The summed E-state index contributed by atoms with van der Waals surface area (Å²) in [6, 6.07) is 42.3. The van der Waals surface area contributed by atoms with E-state index in [0.29, 0.717) is 16.7 Å². The molecule has 0 aliphatic rings. The molecule has 0 atom stereocenters. The van der Waals surface area contributed by atoms with Gasteiger partial charge in [0.15, 0.2) is 0 Å². The number of nitrogens with zero attached hydrogens (tertiary/aromatic N) is 4. The van der Waals surface area contributed by atoms with Crippen molar-refractivity contribution < 1.29 is 5.48 Å². The van der Waals surface area contributed by atoms with Gasteiger partial charge in [-0.2, -0.15) is 0 Å². The fraction of sp³-hybridized carbons (Fsp3) is 0. The Balaban J connectivity index is 1.17. The van der Waals surface area contributed by atoms with Gasteiger partial charge < -0.3 is 0 Å². The van der Waals surface area contributed by atoms with E-state index in [9.17, 15) is 0 Å². The molecule has 4 heterocycles. The maximum atomic E-state index is 8.39. The number of hydrogen-bond acceptors (Lipinski definition) is 4. The molecule has 0 spiro atoms. The van der Waals surface area contributed by atoms with Gasteiger partial charge in [-0.1, -0.05) is 109 Å². The average molecular weight is 591 g/mol. The lowest BCUT2D eigenvalue weighted by molar-refractivity contribution is 1.27. The Hall–Kier alpha value is -6.26. The highest BCUT2D eigenvalue weighted by Crippen LogP contribution is 2.43. The van der Waals surface area contributed by atoms with Crippen LogP contribution >= 0.6 is 0 Å². The fourth-order valence-electron chi connectivity index (χ4n) is 6.45. The molecular formula is C42H26N4.